The monoisotopic (exact) mass is 273 g/mol. The third-order valence-electron chi connectivity index (χ3n) is 4.71. The molecule has 1 saturated heterocycles. The fourth-order valence-corrected chi connectivity index (χ4v) is 4.66. The summed E-state index contributed by atoms with van der Waals surface area (Å²) >= 11 is 1.72. The number of nitrogen functional groups attached to an aromatic ring is 1. The zero-order valence-corrected chi connectivity index (χ0v) is 12.0. The number of hydrogen-bond donors (Lipinski definition) is 1. The van der Waals surface area contributed by atoms with Crippen molar-refractivity contribution in [3.05, 3.63) is 17.1 Å². The Kier molecular flexibility index (Phi) is 2.49. The molecule has 0 amide bonds. The van der Waals surface area contributed by atoms with Gasteiger partial charge in [-0.2, -0.15) is 0 Å². The Hall–Kier alpha value is -1.29. The highest BCUT2D eigenvalue weighted by atomic mass is 32.1. The molecule has 4 rings (SSSR count). The van der Waals surface area contributed by atoms with E-state index < -0.39 is 0 Å². The van der Waals surface area contributed by atoms with Gasteiger partial charge in [0.15, 0.2) is 0 Å². The highest BCUT2D eigenvalue weighted by molar-refractivity contribution is 7.18. The van der Waals surface area contributed by atoms with Crippen LogP contribution in [0.5, 0.6) is 0 Å². The average molecular weight is 273 g/mol. The van der Waals surface area contributed by atoms with E-state index in [1.54, 1.807) is 11.3 Å². The lowest BCUT2D eigenvalue weighted by Crippen LogP contribution is -2.21. The predicted octanol–water partition coefficient (Wildman–Crippen LogP) is 3.42. The van der Waals surface area contributed by atoms with Gasteiger partial charge in [-0.05, 0) is 43.7 Å². The summed E-state index contributed by atoms with van der Waals surface area (Å²) in [6, 6.07) is 4.29. The minimum Gasteiger partial charge on any atom is -0.397 e. The van der Waals surface area contributed by atoms with Gasteiger partial charge >= 0.3 is 0 Å². The number of nitrogens with zero attached hydrogens (tertiary/aromatic N) is 2. The van der Waals surface area contributed by atoms with Crippen LogP contribution in [0.15, 0.2) is 12.1 Å². The van der Waals surface area contributed by atoms with Crippen LogP contribution in [0.25, 0.3) is 10.2 Å². The number of hydrogen-bond acceptors (Lipinski definition) is 4. The third kappa shape index (κ3) is 1.81. The molecule has 1 aliphatic heterocycles. The van der Waals surface area contributed by atoms with Crippen LogP contribution in [-0.4, -0.2) is 18.1 Å². The lowest BCUT2D eigenvalue weighted by Gasteiger charge is -2.21. The van der Waals surface area contributed by atoms with Crippen molar-refractivity contribution in [1.29, 1.82) is 0 Å². The van der Waals surface area contributed by atoms with Gasteiger partial charge in [0.1, 0.15) is 0 Å². The highest BCUT2D eigenvalue weighted by Crippen LogP contribution is 2.42. The van der Waals surface area contributed by atoms with Crippen LogP contribution in [0.2, 0.25) is 0 Å². The minimum absolute atomic E-state index is 0.896. The van der Waals surface area contributed by atoms with Gasteiger partial charge in [-0.1, -0.05) is 6.42 Å². The van der Waals surface area contributed by atoms with Gasteiger partial charge in [-0.3, -0.25) is 0 Å². The lowest BCUT2D eigenvalue weighted by molar-refractivity contribution is 0.494. The number of aromatic nitrogens is 1. The first kappa shape index (κ1) is 11.5. The number of benzene rings is 1. The topological polar surface area (TPSA) is 42.2 Å². The zero-order chi connectivity index (χ0) is 13.0. The molecule has 0 radical (unpaired) electrons. The van der Waals surface area contributed by atoms with E-state index in [4.69, 9.17) is 5.73 Å². The molecular weight excluding hydrogens is 254 g/mol. The second-order valence-corrected chi connectivity index (χ2v) is 7.20. The molecule has 2 unspecified atom stereocenters. The molecule has 19 heavy (non-hydrogen) atoms. The molecule has 0 spiro atoms. The number of anilines is 2. The van der Waals surface area contributed by atoms with E-state index in [1.165, 1.54) is 42.7 Å². The molecule has 1 saturated carbocycles. The van der Waals surface area contributed by atoms with Crippen molar-refractivity contribution in [1.82, 2.24) is 4.98 Å². The van der Waals surface area contributed by atoms with Crippen molar-refractivity contribution < 1.29 is 0 Å². The summed E-state index contributed by atoms with van der Waals surface area (Å²) in [5.41, 5.74) is 9.48. The number of thiazole rings is 1. The molecule has 0 bridgehead atoms. The summed E-state index contributed by atoms with van der Waals surface area (Å²) in [6.45, 7) is 4.42. The van der Waals surface area contributed by atoms with Crippen LogP contribution in [0.3, 0.4) is 0 Å². The Morgan fingerprint density at radius 2 is 2.00 bits per heavy atom. The molecule has 2 N–H and O–H groups in total. The smallest absolute Gasteiger partial charge is 0.0907 e. The normalized spacial score (nSPS) is 26.3. The van der Waals surface area contributed by atoms with Gasteiger partial charge < -0.3 is 10.6 Å². The standard InChI is InChI=1S/C15H19N3S/c1-9-17-13-6-14(12(16)5-15(13)19-9)18-7-10-3-2-4-11(10)8-18/h5-6,10-11H,2-4,7-8,16H2,1H3. The fourth-order valence-electron chi connectivity index (χ4n) is 3.80. The molecule has 100 valence electrons. The maximum absolute atomic E-state index is 6.26. The third-order valence-corrected chi connectivity index (χ3v) is 5.64. The summed E-state index contributed by atoms with van der Waals surface area (Å²) in [5, 5.41) is 1.12. The molecule has 1 aliphatic carbocycles. The van der Waals surface area contributed by atoms with Gasteiger partial charge in [0, 0.05) is 13.1 Å². The first-order chi connectivity index (χ1) is 9.20. The summed E-state index contributed by atoms with van der Waals surface area (Å²) in [4.78, 5) is 7.08. The molecule has 3 nitrogen and oxygen atoms in total. The van der Waals surface area contributed by atoms with E-state index in [1.807, 2.05) is 0 Å². The van der Waals surface area contributed by atoms with E-state index in [2.05, 4.69) is 28.9 Å². The molecular formula is C15H19N3S. The first-order valence-corrected chi connectivity index (χ1v) is 7.94. The predicted molar refractivity (Wildman–Crippen MR) is 81.8 cm³/mol. The van der Waals surface area contributed by atoms with E-state index >= 15 is 0 Å². The number of nitrogens with two attached hydrogens (primary N) is 1. The van der Waals surface area contributed by atoms with E-state index in [9.17, 15) is 0 Å². The molecule has 2 fully saturated rings. The SMILES string of the molecule is Cc1nc2cc(N3CC4CCCC4C3)c(N)cc2s1. The summed E-state index contributed by atoms with van der Waals surface area (Å²) in [5.74, 6) is 1.79. The van der Waals surface area contributed by atoms with Gasteiger partial charge in [0.25, 0.3) is 0 Å². The molecule has 1 aromatic carbocycles. The molecule has 2 atom stereocenters. The first-order valence-electron chi connectivity index (χ1n) is 7.12. The summed E-state index contributed by atoms with van der Waals surface area (Å²) < 4.78 is 1.21. The van der Waals surface area contributed by atoms with Gasteiger partial charge in [-0.15, -0.1) is 11.3 Å². The van der Waals surface area contributed by atoms with Gasteiger partial charge in [-0.25, -0.2) is 4.98 Å². The van der Waals surface area contributed by atoms with Crippen molar-refractivity contribution in [2.45, 2.75) is 26.2 Å². The van der Waals surface area contributed by atoms with E-state index in [0.29, 0.717) is 0 Å². The van der Waals surface area contributed by atoms with Gasteiger partial charge in [0.2, 0.25) is 0 Å². The lowest BCUT2D eigenvalue weighted by atomic mass is 10.0. The second kappa shape index (κ2) is 4.10. The Bertz CT molecular complexity index is 622. The zero-order valence-electron chi connectivity index (χ0n) is 11.2. The fraction of sp³-hybridized carbons (Fsp3) is 0.533. The Labute approximate surface area is 117 Å². The second-order valence-electron chi connectivity index (χ2n) is 5.97. The minimum atomic E-state index is 0.896. The molecule has 1 aromatic heterocycles. The molecule has 4 heteroatoms. The molecule has 2 aliphatic rings. The summed E-state index contributed by atoms with van der Waals surface area (Å²) in [6.07, 6.45) is 4.22. The van der Waals surface area contributed by atoms with Crippen molar-refractivity contribution in [2.75, 3.05) is 23.7 Å². The molecule has 2 heterocycles. The Balaban J connectivity index is 1.72. The largest absolute Gasteiger partial charge is 0.397 e. The van der Waals surface area contributed by atoms with Crippen LogP contribution in [0, 0.1) is 18.8 Å². The van der Waals surface area contributed by atoms with Crippen LogP contribution in [0.4, 0.5) is 11.4 Å². The van der Waals surface area contributed by atoms with E-state index in [0.717, 1.165) is 28.0 Å². The molecule has 2 aromatic rings. The highest BCUT2D eigenvalue weighted by Gasteiger charge is 2.36. The summed E-state index contributed by atoms with van der Waals surface area (Å²) in [7, 11) is 0. The Morgan fingerprint density at radius 1 is 1.26 bits per heavy atom. The van der Waals surface area contributed by atoms with Crippen LogP contribution < -0.4 is 10.6 Å². The van der Waals surface area contributed by atoms with Crippen LogP contribution >= 0.6 is 11.3 Å². The Morgan fingerprint density at radius 3 is 2.74 bits per heavy atom. The van der Waals surface area contributed by atoms with Crippen molar-refractivity contribution in [3.63, 3.8) is 0 Å². The van der Waals surface area contributed by atoms with Crippen LogP contribution in [-0.2, 0) is 0 Å². The average Bonchev–Trinajstić information content (AvgIpc) is 2.99. The van der Waals surface area contributed by atoms with Crippen LogP contribution in [0.1, 0.15) is 24.3 Å². The number of aryl methyl sites for hydroxylation is 1. The van der Waals surface area contributed by atoms with Crippen molar-refractivity contribution in [3.8, 4) is 0 Å². The number of fused-ring (bicyclic) bond motifs is 2. The maximum Gasteiger partial charge on any atom is 0.0907 e. The van der Waals surface area contributed by atoms with E-state index in [-0.39, 0.29) is 0 Å². The van der Waals surface area contributed by atoms with Gasteiger partial charge in [0.05, 0.1) is 26.6 Å². The van der Waals surface area contributed by atoms with Crippen molar-refractivity contribution in [2.24, 2.45) is 11.8 Å². The number of rotatable bonds is 1. The van der Waals surface area contributed by atoms with Crippen molar-refractivity contribution >= 4 is 32.9 Å². The maximum atomic E-state index is 6.26. The quantitative estimate of drug-likeness (QED) is 0.809.